The van der Waals surface area contributed by atoms with Crippen LogP contribution >= 0.6 is 0 Å². The number of amides is 1. The van der Waals surface area contributed by atoms with Crippen LogP contribution in [0.4, 0.5) is 4.79 Å². The number of sulfonamides is 1. The van der Waals surface area contributed by atoms with Gasteiger partial charge in [-0.15, -0.1) is 0 Å². The molecule has 1 aliphatic heterocycles. The standard InChI is InChI=1S/C17H25N3O4S/c1-12-6-8-15(9-7-12)25(22,23)19-18-13(2)14-10-20(11-14)16(21)24-17(3,4)5/h6-9,14,19H,10-11H2,1-5H3. The number of hydrogen-bond acceptors (Lipinski definition) is 5. The second-order valence-electron chi connectivity index (χ2n) is 7.24. The molecule has 1 N–H and O–H groups in total. The van der Waals surface area contributed by atoms with Gasteiger partial charge in [-0.25, -0.2) is 9.63 Å². The molecule has 1 fully saturated rings. The fourth-order valence-corrected chi connectivity index (χ4v) is 3.08. The minimum Gasteiger partial charge on any atom is -0.444 e. The van der Waals surface area contributed by atoms with Crippen molar-refractivity contribution in [3.63, 3.8) is 0 Å². The van der Waals surface area contributed by atoms with Crippen molar-refractivity contribution in [1.82, 2.24) is 9.73 Å². The van der Waals surface area contributed by atoms with E-state index in [1.807, 2.05) is 27.7 Å². The lowest BCUT2D eigenvalue weighted by Crippen LogP contribution is -2.54. The molecule has 0 aromatic heterocycles. The van der Waals surface area contributed by atoms with E-state index in [4.69, 9.17) is 4.74 Å². The van der Waals surface area contributed by atoms with Gasteiger partial charge in [0.1, 0.15) is 5.60 Å². The van der Waals surface area contributed by atoms with Crippen LogP contribution in [0, 0.1) is 12.8 Å². The van der Waals surface area contributed by atoms with Crippen LogP contribution in [0.25, 0.3) is 0 Å². The Labute approximate surface area is 149 Å². The van der Waals surface area contributed by atoms with E-state index in [9.17, 15) is 13.2 Å². The summed E-state index contributed by atoms with van der Waals surface area (Å²) in [5, 5.41) is 3.98. The maximum absolute atomic E-state index is 12.2. The highest BCUT2D eigenvalue weighted by Gasteiger charge is 2.35. The molecule has 0 aliphatic carbocycles. The van der Waals surface area contributed by atoms with Crippen molar-refractivity contribution in [3.8, 4) is 0 Å². The van der Waals surface area contributed by atoms with Crippen molar-refractivity contribution in [2.24, 2.45) is 11.0 Å². The fraction of sp³-hybridized carbons (Fsp3) is 0.529. The van der Waals surface area contributed by atoms with E-state index in [2.05, 4.69) is 9.93 Å². The zero-order valence-corrected chi connectivity index (χ0v) is 16.1. The average molecular weight is 367 g/mol. The van der Waals surface area contributed by atoms with Gasteiger partial charge in [0.25, 0.3) is 10.0 Å². The summed E-state index contributed by atoms with van der Waals surface area (Å²) in [5.74, 6) is 0.0215. The molecule has 7 nitrogen and oxygen atoms in total. The van der Waals surface area contributed by atoms with Gasteiger partial charge in [-0.05, 0) is 46.8 Å². The molecule has 1 saturated heterocycles. The molecule has 1 aliphatic rings. The Morgan fingerprint density at radius 3 is 2.32 bits per heavy atom. The number of nitrogens with one attached hydrogen (secondary N) is 1. The third-order valence-corrected chi connectivity index (χ3v) is 5.02. The number of nitrogens with zero attached hydrogens (tertiary/aromatic N) is 2. The highest BCUT2D eigenvalue weighted by Crippen LogP contribution is 2.21. The Bertz CT molecular complexity index is 758. The van der Waals surface area contributed by atoms with Crippen LogP contribution in [0.15, 0.2) is 34.3 Å². The van der Waals surface area contributed by atoms with Crippen molar-refractivity contribution in [2.75, 3.05) is 13.1 Å². The smallest absolute Gasteiger partial charge is 0.410 e. The first kappa shape index (κ1) is 19.2. The number of likely N-dealkylation sites (tertiary alicyclic amines) is 1. The van der Waals surface area contributed by atoms with Crippen LogP contribution in [0.2, 0.25) is 0 Å². The maximum atomic E-state index is 12.2. The van der Waals surface area contributed by atoms with Crippen LogP contribution in [0.5, 0.6) is 0 Å². The Balaban J connectivity index is 1.91. The number of carbonyl (C=O) groups is 1. The lowest BCUT2D eigenvalue weighted by atomic mass is 9.96. The number of hydrogen-bond donors (Lipinski definition) is 1. The lowest BCUT2D eigenvalue weighted by molar-refractivity contribution is 0.00686. The highest BCUT2D eigenvalue weighted by atomic mass is 32.2. The predicted molar refractivity (Wildman–Crippen MR) is 95.9 cm³/mol. The van der Waals surface area contributed by atoms with Gasteiger partial charge in [-0.3, -0.25) is 0 Å². The first-order valence-corrected chi connectivity index (χ1v) is 9.57. The van der Waals surface area contributed by atoms with Crippen LogP contribution in [0.1, 0.15) is 33.3 Å². The van der Waals surface area contributed by atoms with Crippen molar-refractivity contribution in [3.05, 3.63) is 29.8 Å². The molecule has 138 valence electrons. The number of ether oxygens (including phenoxy) is 1. The van der Waals surface area contributed by atoms with Gasteiger partial charge >= 0.3 is 6.09 Å². The normalized spacial score (nSPS) is 16.4. The first-order chi connectivity index (χ1) is 11.5. The van der Waals surface area contributed by atoms with Gasteiger partial charge in [-0.2, -0.15) is 13.5 Å². The van der Waals surface area contributed by atoms with E-state index >= 15 is 0 Å². The van der Waals surface area contributed by atoms with Gasteiger partial charge in [0.2, 0.25) is 0 Å². The second kappa shape index (κ2) is 7.03. The number of hydrazone groups is 1. The summed E-state index contributed by atoms with van der Waals surface area (Å²) in [7, 11) is -3.69. The zero-order chi connectivity index (χ0) is 18.8. The van der Waals surface area contributed by atoms with Crippen LogP contribution in [0.3, 0.4) is 0 Å². The molecule has 0 saturated carbocycles. The van der Waals surface area contributed by atoms with Gasteiger partial charge in [0.05, 0.1) is 4.90 Å². The molecule has 0 spiro atoms. The van der Waals surface area contributed by atoms with E-state index in [0.717, 1.165) is 5.56 Å². The molecule has 0 unspecified atom stereocenters. The summed E-state index contributed by atoms with van der Waals surface area (Å²) < 4.78 is 29.7. The van der Waals surface area contributed by atoms with E-state index in [1.165, 1.54) is 12.1 Å². The summed E-state index contributed by atoms with van der Waals surface area (Å²) in [6.07, 6.45) is -0.364. The minimum absolute atomic E-state index is 0.0215. The van der Waals surface area contributed by atoms with E-state index < -0.39 is 15.6 Å². The lowest BCUT2D eigenvalue weighted by Gasteiger charge is -2.39. The summed E-state index contributed by atoms with van der Waals surface area (Å²) in [4.78, 5) is 15.9. The van der Waals surface area contributed by atoms with Crippen molar-refractivity contribution < 1.29 is 17.9 Å². The Morgan fingerprint density at radius 2 is 1.80 bits per heavy atom. The molecular weight excluding hydrogens is 342 g/mol. The SMILES string of the molecule is CC(=NNS(=O)(=O)c1ccc(C)cc1)C1CN(C(=O)OC(C)(C)C)C1. The third kappa shape index (κ3) is 5.19. The molecule has 0 radical (unpaired) electrons. The molecule has 1 aromatic rings. The molecule has 8 heteroatoms. The Hall–Kier alpha value is -2.09. The van der Waals surface area contributed by atoms with Crippen molar-refractivity contribution in [1.29, 1.82) is 0 Å². The summed E-state index contributed by atoms with van der Waals surface area (Å²) >= 11 is 0. The molecule has 1 aromatic carbocycles. The van der Waals surface area contributed by atoms with E-state index in [1.54, 1.807) is 24.0 Å². The first-order valence-electron chi connectivity index (χ1n) is 8.08. The van der Waals surface area contributed by atoms with Gasteiger partial charge in [0, 0.05) is 24.7 Å². The largest absolute Gasteiger partial charge is 0.444 e. The van der Waals surface area contributed by atoms with Crippen molar-refractivity contribution >= 4 is 21.8 Å². The molecule has 1 heterocycles. The van der Waals surface area contributed by atoms with Crippen LogP contribution < -0.4 is 4.83 Å². The van der Waals surface area contributed by atoms with Gasteiger partial charge in [0.15, 0.2) is 0 Å². The average Bonchev–Trinajstić information content (AvgIpc) is 2.42. The van der Waals surface area contributed by atoms with Gasteiger partial charge < -0.3 is 9.64 Å². The molecule has 0 bridgehead atoms. The molecule has 0 atom stereocenters. The third-order valence-electron chi connectivity index (χ3n) is 3.80. The van der Waals surface area contributed by atoms with Gasteiger partial charge in [-0.1, -0.05) is 17.7 Å². The Kier molecular flexibility index (Phi) is 5.41. The molecule has 2 rings (SSSR count). The number of benzene rings is 1. The summed E-state index contributed by atoms with van der Waals surface area (Å²) in [6, 6.07) is 6.54. The number of rotatable bonds is 4. The fourth-order valence-electron chi connectivity index (χ4n) is 2.21. The molecule has 25 heavy (non-hydrogen) atoms. The molecule has 1 amide bonds. The zero-order valence-electron chi connectivity index (χ0n) is 15.2. The monoisotopic (exact) mass is 367 g/mol. The van der Waals surface area contributed by atoms with Crippen molar-refractivity contribution in [2.45, 2.75) is 45.1 Å². The summed E-state index contributed by atoms with van der Waals surface area (Å²) in [5.41, 5.74) is 1.08. The Morgan fingerprint density at radius 1 is 1.24 bits per heavy atom. The molecular formula is C17H25N3O4S. The topological polar surface area (TPSA) is 88.1 Å². The van der Waals surface area contributed by atoms with E-state index in [-0.39, 0.29) is 16.9 Å². The number of aryl methyl sites for hydroxylation is 1. The number of carbonyl (C=O) groups excluding carboxylic acids is 1. The quantitative estimate of drug-likeness (QED) is 0.654. The van der Waals surface area contributed by atoms with Crippen LogP contribution in [-0.2, 0) is 14.8 Å². The maximum Gasteiger partial charge on any atom is 0.410 e. The second-order valence-corrected chi connectivity index (χ2v) is 8.90. The van der Waals surface area contributed by atoms with Crippen LogP contribution in [-0.4, -0.2) is 43.8 Å². The summed E-state index contributed by atoms with van der Waals surface area (Å²) in [6.45, 7) is 10.0. The predicted octanol–water partition coefficient (Wildman–Crippen LogP) is 2.52. The minimum atomic E-state index is -3.69. The highest BCUT2D eigenvalue weighted by molar-refractivity contribution is 7.89. The van der Waals surface area contributed by atoms with E-state index in [0.29, 0.717) is 18.8 Å².